The average molecular weight is 306 g/mol. The standard InChI is InChI=1S/C21H26N2/c1-2-3-4-5-6-7-10-16-13-19(22)18-15-17-11-8-9-12-20(17)23-21(18)14-16/h8-9,11-15H,2-7,10,22H2,1H3. The SMILES string of the molecule is CCCCCCCCc1cc(N)c2cc3ccccc3nc2c1. The number of para-hydroxylation sites is 1. The van der Waals surface area contributed by atoms with E-state index in [1.807, 2.05) is 12.1 Å². The van der Waals surface area contributed by atoms with E-state index in [1.165, 1.54) is 44.1 Å². The minimum atomic E-state index is 0.849. The molecule has 0 spiro atoms. The van der Waals surface area contributed by atoms with Gasteiger partial charge < -0.3 is 5.73 Å². The first-order chi connectivity index (χ1) is 11.3. The Morgan fingerprint density at radius 2 is 1.65 bits per heavy atom. The molecule has 3 rings (SSSR count). The van der Waals surface area contributed by atoms with Gasteiger partial charge in [-0.05, 0) is 42.7 Å². The summed E-state index contributed by atoms with van der Waals surface area (Å²) in [4.78, 5) is 4.79. The van der Waals surface area contributed by atoms with Gasteiger partial charge in [-0.25, -0.2) is 4.98 Å². The maximum atomic E-state index is 6.28. The number of hydrogen-bond acceptors (Lipinski definition) is 2. The monoisotopic (exact) mass is 306 g/mol. The lowest BCUT2D eigenvalue weighted by atomic mass is 10.0. The van der Waals surface area contributed by atoms with Crippen molar-refractivity contribution >= 4 is 27.5 Å². The van der Waals surface area contributed by atoms with E-state index >= 15 is 0 Å². The van der Waals surface area contributed by atoms with Crippen LogP contribution in [0.4, 0.5) is 5.69 Å². The second-order valence-corrected chi connectivity index (χ2v) is 6.45. The summed E-state index contributed by atoms with van der Waals surface area (Å²) in [6, 6.07) is 14.7. The van der Waals surface area contributed by atoms with Gasteiger partial charge in [-0.1, -0.05) is 57.2 Å². The van der Waals surface area contributed by atoms with Gasteiger partial charge in [0.15, 0.2) is 0 Å². The molecule has 1 heterocycles. The summed E-state index contributed by atoms with van der Waals surface area (Å²) in [5, 5.41) is 2.21. The molecule has 0 bridgehead atoms. The lowest BCUT2D eigenvalue weighted by Crippen LogP contribution is -1.94. The summed E-state index contributed by atoms with van der Waals surface area (Å²) in [6.45, 7) is 2.26. The number of aryl methyl sites for hydroxylation is 1. The van der Waals surface area contributed by atoms with E-state index < -0.39 is 0 Å². The number of fused-ring (bicyclic) bond motifs is 2. The van der Waals surface area contributed by atoms with Crippen LogP contribution in [-0.2, 0) is 6.42 Å². The molecule has 0 aliphatic carbocycles. The number of rotatable bonds is 7. The van der Waals surface area contributed by atoms with Crippen LogP contribution in [0.3, 0.4) is 0 Å². The molecule has 3 aromatic rings. The van der Waals surface area contributed by atoms with Crippen molar-refractivity contribution < 1.29 is 0 Å². The van der Waals surface area contributed by atoms with Crippen molar-refractivity contribution in [3.05, 3.63) is 48.0 Å². The van der Waals surface area contributed by atoms with Crippen molar-refractivity contribution in [2.75, 3.05) is 5.73 Å². The zero-order valence-corrected chi connectivity index (χ0v) is 14.0. The molecule has 23 heavy (non-hydrogen) atoms. The zero-order valence-electron chi connectivity index (χ0n) is 14.0. The Hall–Kier alpha value is -2.09. The highest BCUT2D eigenvalue weighted by Crippen LogP contribution is 2.26. The molecule has 120 valence electrons. The van der Waals surface area contributed by atoms with E-state index in [4.69, 9.17) is 10.7 Å². The Kier molecular flexibility index (Phi) is 5.12. The molecule has 0 unspecified atom stereocenters. The summed E-state index contributed by atoms with van der Waals surface area (Å²) in [5.74, 6) is 0. The number of pyridine rings is 1. The molecule has 0 aliphatic heterocycles. The van der Waals surface area contributed by atoms with Crippen LogP contribution in [0.5, 0.6) is 0 Å². The molecule has 0 radical (unpaired) electrons. The van der Waals surface area contributed by atoms with Crippen LogP contribution >= 0.6 is 0 Å². The minimum absolute atomic E-state index is 0.849. The van der Waals surface area contributed by atoms with E-state index in [0.29, 0.717) is 0 Å². The van der Waals surface area contributed by atoms with Gasteiger partial charge in [0.05, 0.1) is 11.0 Å². The Bertz CT molecular complexity index is 792. The first-order valence-corrected chi connectivity index (χ1v) is 8.86. The summed E-state index contributed by atoms with van der Waals surface area (Å²) in [5.41, 5.74) is 10.5. The van der Waals surface area contributed by atoms with E-state index in [0.717, 1.165) is 33.9 Å². The van der Waals surface area contributed by atoms with Crippen LogP contribution in [0, 0.1) is 0 Å². The highest BCUT2D eigenvalue weighted by atomic mass is 14.7. The molecule has 2 aromatic carbocycles. The Morgan fingerprint density at radius 1 is 0.870 bits per heavy atom. The molecular weight excluding hydrogens is 280 g/mol. The van der Waals surface area contributed by atoms with Crippen molar-refractivity contribution in [2.45, 2.75) is 51.9 Å². The molecule has 0 saturated heterocycles. The Morgan fingerprint density at radius 3 is 2.52 bits per heavy atom. The van der Waals surface area contributed by atoms with E-state index in [9.17, 15) is 0 Å². The Labute approximate surface area is 138 Å². The van der Waals surface area contributed by atoms with Gasteiger partial charge in [0.25, 0.3) is 0 Å². The van der Waals surface area contributed by atoms with Crippen LogP contribution in [0.1, 0.15) is 51.0 Å². The van der Waals surface area contributed by atoms with E-state index in [-0.39, 0.29) is 0 Å². The summed E-state index contributed by atoms with van der Waals surface area (Å²) in [6.07, 6.45) is 9.02. The number of anilines is 1. The van der Waals surface area contributed by atoms with Crippen LogP contribution in [0.15, 0.2) is 42.5 Å². The number of unbranched alkanes of at least 4 members (excludes halogenated alkanes) is 5. The van der Waals surface area contributed by atoms with Crippen LogP contribution in [0.2, 0.25) is 0 Å². The lowest BCUT2D eigenvalue weighted by Gasteiger charge is -2.08. The van der Waals surface area contributed by atoms with Gasteiger partial charge in [-0.3, -0.25) is 0 Å². The van der Waals surface area contributed by atoms with Crippen molar-refractivity contribution in [2.24, 2.45) is 0 Å². The predicted molar refractivity (Wildman–Crippen MR) is 101 cm³/mol. The lowest BCUT2D eigenvalue weighted by molar-refractivity contribution is 0.607. The fourth-order valence-electron chi connectivity index (χ4n) is 3.22. The smallest absolute Gasteiger partial charge is 0.0733 e. The summed E-state index contributed by atoms with van der Waals surface area (Å²) >= 11 is 0. The second-order valence-electron chi connectivity index (χ2n) is 6.45. The fraction of sp³-hybridized carbons (Fsp3) is 0.381. The van der Waals surface area contributed by atoms with Crippen molar-refractivity contribution in [3.8, 4) is 0 Å². The van der Waals surface area contributed by atoms with E-state index in [1.54, 1.807) is 0 Å². The topological polar surface area (TPSA) is 38.9 Å². The molecule has 2 nitrogen and oxygen atoms in total. The average Bonchev–Trinajstić information content (AvgIpc) is 2.56. The van der Waals surface area contributed by atoms with Crippen molar-refractivity contribution in [1.29, 1.82) is 0 Å². The van der Waals surface area contributed by atoms with Gasteiger partial charge in [0, 0.05) is 16.5 Å². The third-order valence-electron chi connectivity index (χ3n) is 4.55. The predicted octanol–water partition coefficient (Wildman–Crippen LogP) is 5.87. The first-order valence-electron chi connectivity index (χ1n) is 8.86. The van der Waals surface area contributed by atoms with Crippen molar-refractivity contribution in [1.82, 2.24) is 4.98 Å². The maximum absolute atomic E-state index is 6.28. The van der Waals surface area contributed by atoms with Crippen molar-refractivity contribution in [3.63, 3.8) is 0 Å². The Balaban J connectivity index is 1.76. The van der Waals surface area contributed by atoms with Gasteiger partial charge in [-0.15, -0.1) is 0 Å². The quantitative estimate of drug-likeness (QED) is 0.336. The fourth-order valence-corrected chi connectivity index (χ4v) is 3.22. The number of hydrogen-bond donors (Lipinski definition) is 1. The molecule has 0 aliphatic rings. The van der Waals surface area contributed by atoms with Gasteiger partial charge in [0.1, 0.15) is 0 Å². The molecular formula is C21H26N2. The molecule has 1 aromatic heterocycles. The van der Waals surface area contributed by atoms with Crippen LogP contribution in [0.25, 0.3) is 21.8 Å². The minimum Gasteiger partial charge on any atom is -0.398 e. The van der Waals surface area contributed by atoms with Gasteiger partial charge >= 0.3 is 0 Å². The highest BCUT2D eigenvalue weighted by Gasteiger charge is 2.05. The summed E-state index contributed by atoms with van der Waals surface area (Å²) in [7, 11) is 0. The molecule has 2 heteroatoms. The van der Waals surface area contributed by atoms with E-state index in [2.05, 4.69) is 37.3 Å². The number of benzene rings is 2. The van der Waals surface area contributed by atoms with Crippen LogP contribution < -0.4 is 5.73 Å². The third-order valence-corrected chi connectivity index (χ3v) is 4.55. The third kappa shape index (κ3) is 3.82. The largest absolute Gasteiger partial charge is 0.398 e. The van der Waals surface area contributed by atoms with Gasteiger partial charge in [0.2, 0.25) is 0 Å². The molecule has 0 fully saturated rings. The first kappa shape index (κ1) is 15.8. The van der Waals surface area contributed by atoms with Crippen LogP contribution in [-0.4, -0.2) is 4.98 Å². The summed E-state index contributed by atoms with van der Waals surface area (Å²) < 4.78 is 0. The number of nitrogens with zero attached hydrogens (tertiary/aromatic N) is 1. The normalized spacial score (nSPS) is 11.3. The van der Waals surface area contributed by atoms with Gasteiger partial charge in [-0.2, -0.15) is 0 Å². The zero-order chi connectivity index (χ0) is 16.1. The molecule has 0 atom stereocenters. The molecule has 2 N–H and O–H groups in total. The number of nitrogens with two attached hydrogens (primary N) is 1. The number of aromatic nitrogens is 1. The second kappa shape index (κ2) is 7.45. The number of nitrogen functional groups attached to an aromatic ring is 1. The molecule has 0 saturated carbocycles. The maximum Gasteiger partial charge on any atom is 0.0733 e. The molecule has 0 amide bonds. The highest BCUT2D eigenvalue weighted by molar-refractivity contribution is 5.99.